The van der Waals surface area contributed by atoms with Gasteiger partial charge in [-0.15, -0.1) is 0 Å². The molecule has 0 fully saturated rings. The van der Waals surface area contributed by atoms with E-state index in [2.05, 4.69) is 5.10 Å². The fraction of sp³-hybridized carbons (Fsp3) is 0.100. The quantitative estimate of drug-likeness (QED) is 0.618. The minimum atomic E-state index is -3.25. The zero-order valence-corrected chi connectivity index (χ0v) is 9.11. The molecule has 0 unspecified atom stereocenters. The zero-order chi connectivity index (χ0) is 11.1. The second kappa shape index (κ2) is 5.31. The average molecular weight is 224 g/mol. The summed E-state index contributed by atoms with van der Waals surface area (Å²) in [7, 11) is -3.25. The number of nitrogens with one attached hydrogen (secondary N) is 1. The van der Waals surface area contributed by atoms with E-state index in [-0.39, 0.29) is 0 Å². The number of nitrogens with zero attached hydrogens (tertiary/aromatic N) is 1. The molecule has 0 saturated carbocycles. The van der Waals surface area contributed by atoms with Crippen LogP contribution in [0.4, 0.5) is 0 Å². The molecule has 5 heteroatoms. The van der Waals surface area contributed by atoms with Gasteiger partial charge in [-0.3, -0.25) is 0 Å². The van der Waals surface area contributed by atoms with Gasteiger partial charge in [-0.1, -0.05) is 36.4 Å². The summed E-state index contributed by atoms with van der Waals surface area (Å²) >= 11 is 0. The van der Waals surface area contributed by atoms with Crippen molar-refractivity contribution >= 4 is 22.3 Å². The fourth-order valence-corrected chi connectivity index (χ4v) is 1.14. The molecule has 0 aliphatic carbocycles. The van der Waals surface area contributed by atoms with Gasteiger partial charge in [0.05, 0.1) is 6.26 Å². The predicted octanol–water partition coefficient (Wildman–Crippen LogP) is 1.23. The van der Waals surface area contributed by atoms with Gasteiger partial charge in [-0.25, -0.2) is 13.2 Å². The van der Waals surface area contributed by atoms with E-state index in [9.17, 15) is 8.42 Å². The molecule has 0 bridgehead atoms. The summed E-state index contributed by atoms with van der Waals surface area (Å²) < 4.78 is 21.2. The Balaban J connectivity index is 2.48. The van der Waals surface area contributed by atoms with E-state index in [4.69, 9.17) is 0 Å². The maximum Gasteiger partial charge on any atom is 0.244 e. The molecule has 0 heterocycles. The number of hydrogen-bond acceptors (Lipinski definition) is 3. The van der Waals surface area contributed by atoms with Crippen molar-refractivity contribution in [3.05, 3.63) is 42.0 Å². The highest BCUT2D eigenvalue weighted by atomic mass is 32.2. The van der Waals surface area contributed by atoms with Crippen molar-refractivity contribution in [1.82, 2.24) is 4.83 Å². The summed E-state index contributed by atoms with van der Waals surface area (Å²) in [6.45, 7) is 0. The molecule has 0 aromatic heterocycles. The molecule has 0 aliphatic rings. The molecule has 15 heavy (non-hydrogen) atoms. The fourth-order valence-electron chi connectivity index (χ4n) is 0.887. The van der Waals surface area contributed by atoms with E-state index in [1.54, 1.807) is 6.08 Å². The van der Waals surface area contributed by atoms with Crippen molar-refractivity contribution in [3.8, 4) is 0 Å². The first-order valence-electron chi connectivity index (χ1n) is 4.29. The van der Waals surface area contributed by atoms with E-state index in [0.717, 1.165) is 11.8 Å². The first-order chi connectivity index (χ1) is 7.08. The van der Waals surface area contributed by atoms with Crippen LogP contribution in [0.2, 0.25) is 0 Å². The largest absolute Gasteiger partial charge is 0.244 e. The molecule has 4 nitrogen and oxygen atoms in total. The molecule has 0 saturated heterocycles. The summed E-state index contributed by atoms with van der Waals surface area (Å²) in [5.41, 5.74) is 1.03. The van der Waals surface area contributed by atoms with E-state index >= 15 is 0 Å². The lowest BCUT2D eigenvalue weighted by Gasteiger charge is -1.92. The first kappa shape index (κ1) is 11.5. The van der Waals surface area contributed by atoms with Gasteiger partial charge in [0.2, 0.25) is 10.0 Å². The van der Waals surface area contributed by atoms with Crippen molar-refractivity contribution in [2.24, 2.45) is 5.10 Å². The van der Waals surface area contributed by atoms with Crippen molar-refractivity contribution in [2.45, 2.75) is 0 Å². The Bertz CT molecular complexity index is 450. The van der Waals surface area contributed by atoms with Crippen molar-refractivity contribution < 1.29 is 8.42 Å². The number of allylic oxidation sites excluding steroid dienone is 1. The number of hydrogen-bond donors (Lipinski definition) is 1. The predicted molar refractivity (Wildman–Crippen MR) is 61.9 cm³/mol. The molecule has 0 atom stereocenters. The van der Waals surface area contributed by atoms with E-state index < -0.39 is 10.0 Å². The third-order valence-electron chi connectivity index (χ3n) is 1.47. The number of rotatable bonds is 4. The van der Waals surface area contributed by atoms with Gasteiger partial charge < -0.3 is 0 Å². The second-order valence-corrected chi connectivity index (χ2v) is 4.64. The minimum absolute atomic E-state index is 1.03. The lowest BCUT2D eigenvalue weighted by Crippen LogP contribution is -2.15. The molecule has 1 aromatic rings. The van der Waals surface area contributed by atoms with E-state index in [1.165, 1.54) is 6.21 Å². The van der Waals surface area contributed by atoms with Crippen LogP contribution >= 0.6 is 0 Å². The highest BCUT2D eigenvalue weighted by Crippen LogP contribution is 1.99. The highest BCUT2D eigenvalue weighted by Gasteiger charge is 1.92. The standard InChI is InChI=1S/C10H12N2O2S/c1-15(13,14)12-11-9-5-8-10-6-3-2-4-7-10/h2-9,12H,1H3/b8-5+,11-9+. The molecular weight excluding hydrogens is 212 g/mol. The third-order valence-corrected chi connectivity index (χ3v) is 1.90. The summed E-state index contributed by atoms with van der Waals surface area (Å²) in [6.07, 6.45) is 5.92. The van der Waals surface area contributed by atoms with Crippen LogP contribution in [0.15, 0.2) is 41.5 Å². The summed E-state index contributed by atoms with van der Waals surface area (Å²) in [5.74, 6) is 0. The maximum atomic E-state index is 10.6. The monoisotopic (exact) mass is 224 g/mol. The molecule has 0 spiro atoms. The van der Waals surface area contributed by atoms with Crippen LogP contribution in [0.5, 0.6) is 0 Å². The smallest absolute Gasteiger partial charge is 0.206 e. The lowest BCUT2D eigenvalue weighted by molar-refractivity contribution is 0.591. The Morgan fingerprint density at radius 3 is 2.53 bits per heavy atom. The van der Waals surface area contributed by atoms with Crippen LogP contribution in [-0.2, 0) is 10.0 Å². The Kier molecular flexibility index (Phi) is 4.05. The van der Waals surface area contributed by atoms with Crippen molar-refractivity contribution in [3.63, 3.8) is 0 Å². The summed E-state index contributed by atoms with van der Waals surface area (Å²) in [6, 6.07) is 9.65. The number of sulfonamides is 1. The highest BCUT2D eigenvalue weighted by molar-refractivity contribution is 7.88. The first-order valence-corrected chi connectivity index (χ1v) is 6.18. The Morgan fingerprint density at radius 1 is 1.27 bits per heavy atom. The molecule has 1 aromatic carbocycles. The third kappa shape index (κ3) is 5.64. The Labute approximate surface area is 89.4 Å². The van der Waals surface area contributed by atoms with E-state index in [1.807, 2.05) is 41.2 Å². The molecule has 1 N–H and O–H groups in total. The second-order valence-electron chi connectivity index (χ2n) is 2.91. The number of benzene rings is 1. The van der Waals surface area contributed by atoms with Gasteiger partial charge in [0.25, 0.3) is 0 Å². The molecule has 80 valence electrons. The van der Waals surface area contributed by atoms with Crippen LogP contribution < -0.4 is 4.83 Å². The topological polar surface area (TPSA) is 58.5 Å². The summed E-state index contributed by atoms with van der Waals surface area (Å²) in [5, 5.41) is 3.51. The van der Waals surface area contributed by atoms with Gasteiger partial charge in [0.1, 0.15) is 0 Å². The number of hydrazone groups is 1. The van der Waals surface area contributed by atoms with Crippen LogP contribution in [0.3, 0.4) is 0 Å². The minimum Gasteiger partial charge on any atom is -0.206 e. The van der Waals surface area contributed by atoms with Gasteiger partial charge in [0, 0.05) is 6.21 Å². The molecular formula is C10H12N2O2S. The van der Waals surface area contributed by atoms with Crippen molar-refractivity contribution in [1.29, 1.82) is 0 Å². The van der Waals surface area contributed by atoms with Gasteiger partial charge in [-0.2, -0.15) is 5.10 Å². The zero-order valence-electron chi connectivity index (χ0n) is 8.29. The SMILES string of the molecule is CS(=O)(=O)N/N=C/C=C/c1ccccc1. The average Bonchev–Trinajstić information content (AvgIpc) is 2.17. The van der Waals surface area contributed by atoms with Crippen LogP contribution in [0.25, 0.3) is 6.08 Å². The van der Waals surface area contributed by atoms with Crippen LogP contribution in [0.1, 0.15) is 5.56 Å². The van der Waals surface area contributed by atoms with Gasteiger partial charge in [-0.05, 0) is 11.6 Å². The molecule has 1 rings (SSSR count). The molecule has 0 radical (unpaired) electrons. The van der Waals surface area contributed by atoms with Crippen LogP contribution in [0, 0.1) is 0 Å². The maximum absolute atomic E-state index is 10.6. The molecule has 0 amide bonds. The van der Waals surface area contributed by atoms with Crippen molar-refractivity contribution in [2.75, 3.05) is 6.26 Å². The Hall–Kier alpha value is -1.62. The molecule has 0 aliphatic heterocycles. The van der Waals surface area contributed by atoms with Crippen LogP contribution in [-0.4, -0.2) is 20.9 Å². The summed E-state index contributed by atoms with van der Waals surface area (Å²) in [4.78, 5) is 2.00. The van der Waals surface area contributed by atoms with E-state index in [0.29, 0.717) is 0 Å². The van der Waals surface area contributed by atoms with Gasteiger partial charge >= 0.3 is 0 Å². The lowest BCUT2D eigenvalue weighted by atomic mass is 10.2. The normalized spacial score (nSPS) is 12.3. The van der Waals surface area contributed by atoms with Gasteiger partial charge in [0.15, 0.2) is 0 Å². The Morgan fingerprint density at radius 2 is 1.93 bits per heavy atom.